The second-order valence-corrected chi connectivity index (χ2v) is 18.0. The minimum absolute atomic E-state index is 0.0369. The van der Waals surface area contributed by atoms with Crippen LogP contribution in [-0.2, 0) is 11.2 Å². The number of nitrogens with one attached hydrogen (secondary N) is 4. The molecule has 2 aromatic heterocycles. The lowest BCUT2D eigenvalue weighted by Crippen LogP contribution is -2.32. The molecule has 1 atom stereocenters. The number of hydrogen-bond donors (Lipinski definition) is 4. The van der Waals surface area contributed by atoms with E-state index in [0.717, 1.165) is 121 Å². The second kappa shape index (κ2) is 19.5. The zero-order valence-corrected chi connectivity index (χ0v) is 38.1. The number of para-hydroxylation sites is 4. The van der Waals surface area contributed by atoms with E-state index in [-0.39, 0.29) is 17.7 Å². The van der Waals surface area contributed by atoms with Crippen LogP contribution < -0.4 is 20.4 Å². The molecule has 0 saturated carbocycles. The molecule has 6 aromatic carbocycles. The number of benzene rings is 6. The number of hydrogen-bond acceptors (Lipinski definition) is 5. The van der Waals surface area contributed by atoms with E-state index in [9.17, 15) is 14.4 Å². The first-order chi connectivity index (χ1) is 32.9. The number of unbranched alkanes of at least 4 members (excludes halogenated alkanes) is 1. The summed E-state index contributed by atoms with van der Waals surface area (Å²) in [5.74, 6) is 0.364. The Morgan fingerprint density at radius 3 is 2.00 bits per heavy atom. The molecule has 0 bridgehead atoms. The third-order valence-corrected chi connectivity index (χ3v) is 13.5. The molecule has 10 nitrogen and oxygen atoms in total. The minimum atomic E-state index is 0.0369. The van der Waals surface area contributed by atoms with E-state index < -0.39 is 0 Å². The smallest absolute Gasteiger partial charge is 0.258 e. The molecule has 11 rings (SSSR count). The van der Waals surface area contributed by atoms with Crippen molar-refractivity contribution in [3.8, 4) is 22.3 Å². The fraction of sp³-hybridized carbons (Fsp3) is 0.246. The fourth-order valence-corrected chi connectivity index (χ4v) is 9.82. The molecule has 5 heterocycles. The van der Waals surface area contributed by atoms with Crippen molar-refractivity contribution in [1.29, 1.82) is 0 Å². The number of H-pyrrole nitrogens is 2. The number of carbonyl (C=O) groups is 3. The van der Waals surface area contributed by atoms with E-state index in [1.54, 1.807) is 0 Å². The first-order valence-electron chi connectivity index (χ1n) is 23.8. The van der Waals surface area contributed by atoms with Gasteiger partial charge in [0.2, 0.25) is 5.91 Å². The Balaban J connectivity index is 0.000000165. The quantitative estimate of drug-likeness (QED) is 0.108. The molecule has 0 spiro atoms. The zero-order chi connectivity index (χ0) is 45.7. The minimum Gasteiger partial charge on any atom is -0.383 e. The summed E-state index contributed by atoms with van der Waals surface area (Å²) in [5.41, 5.74) is 13.3. The van der Waals surface area contributed by atoms with Gasteiger partial charge in [-0.2, -0.15) is 0 Å². The standard InChI is InChI=1S/C33H36N4O2.C24H21N3O/c1-23-16-20-37(31-9-3-2-8-30(31)35-23)33(39)27-11-13-28(25-12-14-29-26(21-25)15-17-34-29)24(22-27)7-4-5-18-36-19-6-10-32(36)38;28-24(27-15-3-13-25-22-4-1-2-5-23(22)27)18-8-6-17(7-9-18)19-10-11-21-20(16-19)12-14-26-21/h2-3,8-9,11-15,17,21-23,34-35H,4-7,10,16,18-20H2,1H3;1-2,4-12,14,16,25-26H,3,13,15H2. The number of nitrogens with zero attached hydrogens (tertiary/aromatic N) is 3. The van der Waals surface area contributed by atoms with Gasteiger partial charge in [0.1, 0.15) is 0 Å². The summed E-state index contributed by atoms with van der Waals surface area (Å²) < 4.78 is 0. The normalized spacial score (nSPS) is 15.7. The monoisotopic (exact) mass is 887 g/mol. The molecule has 3 aliphatic rings. The second-order valence-electron chi connectivity index (χ2n) is 18.0. The van der Waals surface area contributed by atoms with Crippen molar-refractivity contribution in [1.82, 2.24) is 14.9 Å². The molecule has 10 heteroatoms. The van der Waals surface area contributed by atoms with Crippen LogP contribution in [0.2, 0.25) is 0 Å². The van der Waals surface area contributed by atoms with Crippen molar-refractivity contribution in [3.05, 3.63) is 169 Å². The highest BCUT2D eigenvalue weighted by atomic mass is 16.2. The molecule has 1 unspecified atom stereocenters. The van der Waals surface area contributed by atoms with Gasteiger partial charge in [0.15, 0.2) is 0 Å². The fourth-order valence-electron chi connectivity index (χ4n) is 9.82. The average molecular weight is 888 g/mol. The molecule has 1 saturated heterocycles. The highest BCUT2D eigenvalue weighted by Gasteiger charge is 2.26. The number of aryl methyl sites for hydroxylation is 1. The van der Waals surface area contributed by atoms with Crippen molar-refractivity contribution < 1.29 is 14.4 Å². The first kappa shape index (κ1) is 43.3. The van der Waals surface area contributed by atoms with Crippen LogP contribution in [0.4, 0.5) is 22.7 Å². The van der Waals surface area contributed by atoms with Crippen molar-refractivity contribution in [2.75, 3.05) is 53.2 Å². The van der Waals surface area contributed by atoms with E-state index in [1.807, 2.05) is 106 Å². The summed E-state index contributed by atoms with van der Waals surface area (Å²) in [7, 11) is 0. The third-order valence-electron chi connectivity index (χ3n) is 13.5. The molecule has 0 radical (unpaired) electrons. The average Bonchev–Trinajstić information content (AvgIpc) is 4.08. The Labute approximate surface area is 392 Å². The Bertz CT molecular complexity index is 3060. The molecule has 8 aromatic rings. The van der Waals surface area contributed by atoms with E-state index in [2.05, 4.69) is 88.2 Å². The molecule has 67 heavy (non-hydrogen) atoms. The number of amides is 3. The van der Waals surface area contributed by atoms with Gasteiger partial charge in [-0.1, -0.05) is 54.6 Å². The SMILES string of the molecule is CC1CCN(C(=O)c2ccc(-c3ccc4[nH]ccc4c3)c(CCCCN3CCCC3=O)c2)c2ccccc2N1.O=C(c1ccc(-c2ccc3[nH]ccc3c2)cc1)N1CCCNc2ccccc21. The lowest BCUT2D eigenvalue weighted by atomic mass is 9.93. The van der Waals surface area contributed by atoms with Gasteiger partial charge in [0, 0.05) is 79.7 Å². The highest BCUT2D eigenvalue weighted by molar-refractivity contribution is 6.09. The summed E-state index contributed by atoms with van der Waals surface area (Å²) in [6.07, 6.45) is 10.2. The van der Waals surface area contributed by atoms with Gasteiger partial charge >= 0.3 is 0 Å². The lowest BCUT2D eigenvalue weighted by molar-refractivity contribution is -0.127. The van der Waals surface area contributed by atoms with Gasteiger partial charge in [0.05, 0.1) is 22.7 Å². The molecular weight excluding hydrogens is 831 g/mol. The van der Waals surface area contributed by atoms with Crippen LogP contribution in [-0.4, -0.2) is 71.4 Å². The van der Waals surface area contributed by atoms with Gasteiger partial charge in [-0.15, -0.1) is 0 Å². The van der Waals surface area contributed by atoms with Crippen LogP contribution in [0, 0.1) is 0 Å². The number of carbonyl (C=O) groups excluding carboxylic acids is 3. The van der Waals surface area contributed by atoms with Gasteiger partial charge in [-0.05, 0) is 169 Å². The first-order valence-corrected chi connectivity index (χ1v) is 23.8. The van der Waals surface area contributed by atoms with Gasteiger partial charge in [-0.25, -0.2) is 0 Å². The number of fused-ring (bicyclic) bond motifs is 4. The number of rotatable bonds is 9. The van der Waals surface area contributed by atoms with E-state index in [0.29, 0.717) is 24.6 Å². The summed E-state index contributed by atoms with van der Waals surface area (Å²) >= 11 is 0. The molecule has 1 fully saturated rings. The van der Waals surface area contributed by atoms with E-state index in [4.69, 9.17) is 0 Å². The lowest BCUT2D eigenvalue weighted by Gasteiger charge is -2.23. The highest BCUT2D eigenvalue weighted by Crippen LogP contribution is 2.34. The molecule has 3 amide bonds. The molecule has 3 aliphatic heterocycles. The van der Waals surface area contributed by atoms with Crippen molar-refractivity contribution in [2.45, 2.75) is 57.9 Å². The van der Waals surface area contributed by atoms with Crippen LogP contribution in [0.15, 0.2) is 152 Å². The van der Waals surface area contributed by atoms with Crippen LogP contribution in [0.5, 0.6) is 0 Å². The maximum Gasteiger partial charge on any atom is 0.258 e. The summed E-state index contributed by atoms with van der Waals surface area (Å²) in [4.78, 5) is 51.5. The molecule has 338 valence electrons. The Hall–Kier alpha value is -7.59. The summed E-state index contributed by atoms with van der Waals surface area (Å²) in [6, 6.07) is 47.5. The molecule has 0 aliphatic carbocycles. The maximum atomic E-state index is 14.0. The van der Waals surface area contributed by atoms with Gasteiger partial charge in [0.25, 0.3) is 11.8 Å². The number of aromatic nitrogens is 2. The number of likely N-dealkylation sites (tertiary alicyclic amines) is 1. The third kappa shape index (κ3) is 9.43. The van der Waals surface area contributed by atoms with E-state index >= 15 is 0 Å². The van der Waals surface area contributed by atoms with Gasteiger partial charge < -0.3 is 35.3 Å². The zero-order valence-electron chi connectivity index (χ0n) is 38.1. The van der Waals surface area contributed by atoms with Crippen molar-refractivity contribution >= 4 is 62.3 Å². The molecular formula is C57H57N7O3. The van der Waals surface area contributed by atoms with Crippen molar-refractivity contribution in [2.24, 2.45) is 0 Å². The Morgan fingerprint density at radius 1 is 0.612 bits per heavy atom. The predicted octanol–water partition coefficient (Wildman–Crippen LogP) is 11.9. The predicted molar refractivity (Wildman–Crippen MR) is 273 cm³/mol. The number of anilines is 4. The Morgan fingerprint density at radius 2 is 1.25 bits per heavy atom. The maximum absolute atomic E-state index is 14.0. The molecule has 4 N–H and O–H groups in total. The topological polar surface area (TPSA) is 117 Å². The van der Waals surface area contributed by atoms with Crippen LogP contribution >= 0.6 is 0 Å². The Kier molecular flexibility index (Phi) is 12.6. The van der Waals surface area contributed by atoms with Crippen LogP contribution in [0.3, 0.4) is 0 Å². The largest absolute Gasteiger partial charge is 0.383 e. The summed E-state index contributed by atoms with van der Waals surface area (Å²) in [6.45, 7) is 6.13. The number of aromatic amines is 2. The van der Waals surface area contributed by atoms with E-state index in [1.165, 1.54) is 21.9 Å². The van der Waals surface area contributed by atoms with Gasteiger partial charge in [-0.3, -0.25) is 14.4 Å². The van der Waals surface area contributed by atoms with Crippen LogP contribution in [0.25, 0.3) is 44.1 Å². The van der Waals surface area contributed by atoms with Crippen molar-refractivity contribution in [3.63, 3.8) is 0 Å². The summed E-state index contributed by atoms with van der Waals surface area (Å²) in [5, 5.41) is 9.32. The van der Waals surface area contributed by atoms with Crippen LogP contribution in [0.1, 0.15) is 71.7 Å².